The van der Waals surface area contributed by atoms with E-state index < -0.39 is 11.9 Å². The van der Waals surface area contributed by atoms with Crippen molar-refractivity contribution in [3.8, 4) is 0 Å². The van der Waals surface area contributed by atoms with Crippen molar-refractivity contribution in [2.24, 2.45) is 0 Å². The number of benzene rings is 1. The van der Waals surface area contributed by atoms with Gasteiger partial charge in [-0.05, 0) is 42.8 Å². The van der Waals surface area contributed by atoms with Gasteiger partial charge in [-0.1, -0.05) is 35.3 Å². The summed E-state index contributed by atoms with van der Waals surface area (Å²) in [7, 11) is 0. The molecule has 0 saturated heterocycles. The molecule has 24 heavy (non-hydrogen) atoms. The highest BCUT2D eigenvalue weighted by Gasteiger charge is 2.13. The first kappa shape index (κ1) is 18.8. The van der Waals surface area contributed by atoms with Crippen LogP contribution in [0, 0.1) is 6.92 Å². The zero-order chi connectivity index (χ0) is 17.5. The summed E-state index contributed by atoms with van der Waals surface area (Å²) in [4.78, 5) is 24.8. The van der Waals surface area contributed by atoms with Gasteiger partial charge in [0.15, 0.2) is 6.61 Å². The van der Waals surface area contributed by atoms with Gasteiger partial charge in [0.05, 0.1) is 15.7 Å². The molecule has 4 nitrogen and oxygen atoms in total. The second kappa shape index (κ2) is 9.06. The van der Waals surface area contributed by atoms with Crippen molar-refractivity contribution in [3.05, 3.63) is 50.1 Å². The highest BCUT2D eigenvalue weighted by Crippen LogP contribution is 2.32. The van der Waals surface area contributed by atoms with E-state index in [9.17, 15) is 9.59 Å². The zero-order valence-electron chi connectivity index (χ0n) is 13.1. The molecular weight excluding hydrogens is 369 g/mol. The molecule has 0 aliphatic rings. The largest absolute Gasteiger partial charge is 0.456 e. The van der Waals surface area contributed by atoms with E-state index in [1.165, 1.54) is 4.88 Å². The van der Waals surface area contributed by atoms with Crippen LogP contribution in [0.2, 0.25) is 10.0 Å². The Balaban J connectivity index is 1.75. The maximum Gasteiger partial charge on any atom is 0.306 e. The molecule has 1 N–H and O–H groups in total. The van der Waals surface area contributed by atoms with Crippen molar-refractivity contribution in [1.29, 1.82) is 0 Å². The Morgan fingerprint density at radius 1 is 1.25 bits per heavy atom. The van der Waals surface area contributed by atoms with Gasteiger partial charge in [-0.3, -0.25) is 9.59 Å². The summed E-state index contributed by atoms with van der Waals surface area (Å²) in [6.07, 6.45) is 1.79. The molecule has 2 rings (SSSR count). The Kier molecular flexibility index (Phi) is 7.09. The first-order valence-corrected chi connectivity index (χ1v) is 9.03. The van der Waals surface area contributed by atoms with Crippen LogP contribution >= 0.6 is 34.5 Å². The van der Waals surface area contributed by atoms with Gasteiger partial charge < -0.3 is 10.1 Å². The SMILES string of the molecule is Cc1ccc(Cl)c(NC(=O)COC(=O)CCCc2cccs2)c1Cl. The van der Waals surface area contributed by atoms with Crippen LogP contribution in [0.4, 0.5) is 5.69 Å². The third-order valence-corrected chi connectivity index (χ3v) is 5.04. The van der Waals surface area contributed by atoms with Gasteiger partial charge in [-0.25, -0.2) is 0 Å². The lowest BCUT2D eigenvalue weighted by molar-refractivity contribution is -0.147. The predicted octanol–water partition coefficient (Wildman–Crippen LogP) is 4.87. The van der Waals surface area contributed by atoms with Crippen LogP contribution in [-0.2, 0) is 20.7 Å². The van der Waals surface area contributed by atoms with Crippen LogP contribution < -0.4 is 5.32 Å². The molecule has 0 atom stereocenters. The number of amides is 1. The van der Waals surface area contributed by atoms with E-state index in [4.69, 9.17) is 27.9 Å². The molecule has 0 radical (unpaired) electrons. The van der Waals surface area contributed by atoms with Gasteiger partial charge in [0, 0.05) is 11.3 Å². The van der Waals surface area contributed by atoms with Gasteiger partial charge in [0.25, 0.3) is 5.91 Å². The Bertz CT molecular complexity index is 717. The maximum absolute atomic E-state index is 11.9. The van der Waals surface area contributed by atoms with Crippen LogP contribution in [0.15, 0.2) is 29.6 Å². The molecule has 0 saturated carbocycles. The van der Waals surface area contributed by atoms with E-state index in [2.05, 4.69) is 5.32 Å². The minimum atomic E-state index is -0.476. The molecule has 1 heterocycles. The highest BCUT2D eigenvalue weighted by atomic mass is 35.5. The predicted molar refractivity (Wildman–Crippen MR) is 98.0 cm³/mol. The van der Waals surface area contributed by atoms with Crippen molar-refractivity contribution in [1.82, 2.24) is 0 Å². The molecule has 1 aromatic carbocycles. The second-order valence-electron chi connectivity index (χ2n) is 5.20. The van der Waals surface area contributed by atoms with Crippen molar-refractivity contribution < 1.29 is 14.3 Å². The smallest absolute Gasteiger partial charge is 0.306 e. The summed E-state index contributed by atoms with van der Waals surface area (Å²) in [5.74, 6) is -0.876. The lowest BCUT2D eigenvalue weighted by atomic mass is 10.2. The van der Waals surface area contributed by atoms with Crippen molar-refractivity contribution >= 4 is 52.1 Å². The van der Waals surface area contributed by atoms with E-state index in [1.807, 2.05) is 24.4 Å². The molecule has 1 amide bonds. The maximum atomic E-state index is 11.9. The molecule has 7 heteroatoms. The monoisotopic (exact) mass is 385 g/mol. The lowest BCUT2D eigenvalue weighted by Gasteiger charge is -2.11. The average Bonchev–Trinajstić information content (AvgIpc) is 3.06. The summed E-state index contributed by atoms with van der Waals surface area (Å²) >= 11 is 13.8. The minimum Gasteiger partial charge on any atom is -0.456 e. The molecule has 0 bridgehead atoms. The third kappa shape index (κ3) is 5.51. The van der Waals surface area contributed by atoms with E-state index in [1.54, 1.807) is 23.5 Å². The normalized spacial score (nSPS) is 10.5. The summed E-state index contributed by atoms with van der Waals surface area (Å²) < 4.78 is 4.97. The van der Waals surface area contributed by atoms with Gasteiger partial charge >= 0.3 is 5.97 Å². The number of aryl methyl sites for hydroxylation is 2. The van der Waals surface area contributed by atoms with Gasteiger partial charge in [-0.15, -0.1) is 11.3 Å². The van der Waals surface area contributed by atoms with E-state index in [0.717, 1.165) is 12.0 Å². The van der Waals surface area contributed by atoms with E-state index >= 15 is 0 Å². The van der Waals surface area contributed by atoms with Gasteiger partial charge in [0.1, 0.15) is 0 Å². The molecule has 0 spiro atoms. The van der Waals surface area contributed by atoms with Gasteiger partial charge in [0.2, 0.25) is 0 Å². The summed E-state index contributed by atoms with van der Waals surface area (Å²) in [5.41, 5.74) is 1.12. The standard InChI is InChI=1S/C17H17Cl2NO3S/c1-11-7-8-13(18)17(16(11)19)20-14(21)10-23-15(22)6-2-4-12-5-3-9-24-12/h3,5,7-9H,2,4,6,10H2,1H3,(H,20,21). The summed E-state index contributed by atoms with van der Waals surface area (Å²) in [6.45, 7) is 1.44. The lowest BCUT2D eigenvalue weighted by Crippen LogP contribution is -2.21. The Morgan fingerprint density at radius 3 is 2.75 bits per heavy atom. The molecule has 0 unspecified atom stereocenters. The third-order valence-electron chi connectivity index (χ3n) is 3.30. The average molecular weight is 386 g/mol. The number of anilines is 1. The number of esters is 1. The summed E-state index contributed by atoms with van der Waals surface area (Å²) in [5, 5.41) is 5.28. The molecule has 128 valence electrons. The molecular formula is C17H17Cl2NO3S. The molecule has 0 aliphatic carbocycles. The number of carbonyl (C=O) groups excluding carboxylic acids is 2. The highest BCUT2D eigenvalue weighted by molar-refractivity contribution is 7.09. The Hall–Kier alpha value is -1.56. The number of rotatable bonds is 7. The fourth-order valence-electron chi connectivity index (χ4n) is 2.03. The van der Waals surface area contributed by atoms with E-state index in [0.29, 0.717) is 22.2 Å². The van der Waals surface area contributed by atoms with Crippen LogP contribution in [0.1, 0.15) is 23.3 Å². The number of carbonyl (C=O) groups is 2. The topological polar surface area (TPSA) is 55.4 Å². The first-order chi connectivity index (χ1) is 11.5. The number of halogens is 2. The van der Waals surface area contributed by atoms with Crippen molar-refractivity contribution in [3.63, 3.8) is 0 Å². The van der Waals surface area contributed by atoms with Gasteiger partial charge in [-0.2, -0.15) is 0 Å². The first-order valence-electron chi connectivity index (χ1n) is 7.40. The number of ether oxygens (including phenoxy) is 1. The molecule has 0 aliphatic heterocycles. The van der Waals surface area contributed by atoms with E-state index in [-0.39, 0.29) is 13.0 Å². The fraction of sp³-hybridized carbons (Fsp3) is 0.294. The Labute approximate surface area is 154 Å². The zero-order valence-corrected chi connectivity index (χ0v) is 15.4. The van der Waals surface area contributed by atoms with Crippen molar-refractivity contribution in [2.75, 3.05) is 11.9 Å². The minimum absolute atomic E-state index is 0.275. The Morgan fingerprint density at radius 2 is 2.04 bits per heavy atom. The van der Waals surface area contributed by atoms with Crippen LogP contribution in [-0.4, -0.2) is 18.5 Å². The van der Waals surface area contributed by atoms with Crippen molar-refractivity contribution in [2.45, 2.75) is 26.2 Å². The second-order valence-corrected chi connectivity index (χ2v) is 7.01. The number of nitrogens with one attached hydrogen (secondary N) is 1. The van der Waals surface area contributed by atoms with Crippen LogP contribution in [0.3, 0.4) is 0 Å². The molecule has 2 aromatic rings. The fourth-order valence-corrected chi connectivity index (χ4v) is 3.24. The summed E-state index contributed by atoms with van der Waals surface area (Å²) in [6, 6.07) is 7.41. The number of hydrogen-bond donors (Lipinski definition) is 1. The molecule has 1 aromatic heterocycles. The van der Waals surface area contributed by atoms with Crippen LogP contribution in [0.5, 0.6) is 0 Å². The number of thiophene rings is 1. The molecule has 0 fully saturated rings. The number of hydrogen-bond acceptors (Lipinski definition) is 4. The van der Waals surface area contributed by atoms with Crippen LogP contribution in [0.25, 0.3) is 0 Å². The quantitative estimate of drug-likeness (QED) is 0.691.